The molecule has 0 saturated carbocycles. The molecule has 1 amide bonds. The standard InChI is InChI=1S/C14H20N4O3/c1-10(15)11-6-7-17(8-11)9-14(19)16-12-4-2-3-5-13(12)18(20)21/h2-5,10-11H,6-9,15H2,1H3,(H,16,19). The van der Waals surface area contributed by atoms with Crippen LogP contribution in [0.3, 0.4) is 0 Å². The highest BCUT2D eigenvalue weighted by atomic mass is 16.6. The summed E-state index contributed by atoms with van der Waals surface area (Å²) in [6.45, 7) is 3.83. The lowest BCUT2D eigenvalue weighted by Gasteiger charge is -2.17. The fraction of sp³-hybridized carbons (Fsp3) is 0.500. The zero-order valence-electron chi connectivity index (χ0n) is 12.0. The largest absolute Gasteiger partial charge is 0.328 e. The normalized spacial score (nSPS) is 20.2. The number of carbonyl (C=O) groups excluding carboxylic acids is 1. The highest BCUT2D eigenvalue weighted by Crippen LogP contribution is 2.23. The molecule has 1 aromatic rings. The molecule has 0 spiro atoms. The van der Waals surface area contributed by atoms with Crippen molar-refractivity contribution < 1.29 is 9.72 Å². The van der Waals surface area contributed by atoms with E-state index in [4.69, 9.17) is 5.73 Å². The van der Waals surface area contributed by atoms with Gasteiger partial charge in [0.05, 0.1) is 11.5 Å². The SMILES string of the molecule is CC(N)C1CCN(CC(=O)Nc2ccccc2[N+](=O)[O-])C1. The molecule has 2 atom stereocenters. The highest BCUT2D eigenvalue weighted by Gasteiger charge is 2.26. The molecule has 1 fully saturated rings. The lowest BCUT2D eigenvalue weighted by Crippen LogP contribution is -2.34. The van der Waals surface area contributed by atoms with Crippen molar-refractivity contribution in [3.8, 4) is 0 Å². The smallest absolute Gasteiger partial charge is 0.292 e. The summed E-state index contributed by atoms with van der Waals surface area (Å²) < 4.78 is 0. The van der Waals surface area contributed by atoms with Crippen molar-refractivity contribution in [1.29, 1.82) is 0 Å². The average molecular weight is 292 g/mol. The van der Waals surface area contributed by atoms with E-state index in [2.05, 4.69) is 5.32 Å². The molecule has 1 aliphatic rings. The van der Waals surface area contributed by atoms with Gasteiger partial charge >= 0.3 is 0 Å². The lowest BCUT2D eigenvalue weighted by molar-refractivity contribution is -0.383. The van der Waals surface area contributed by atoms with Crippen LogP contribution in [0, 0.1) is 16.0 Å². The van der Waals surface area contributed by atoms with Gasteiger partial charge in [0.25, 0.3) is 5.69 Å². The third kappa shape index (κ3) is 3.99. The molecular formula is C14H20N4O3. The Kier molecular flexibility index (Phi) is 4.87. The molecule has 0 bridgehead atoms. The van der Waals surface area contributed by atoms with Crippen LogP contribution in [-0.4, -0.2) is 41.4 Å². The third-order valence-corrected chi connectivity index (χ3v) is 3.79. The van der Waals surface area contributed by atoms with Gasteiger partial charge in [-0.3, -0.25) is 19.8 Å². The molecular weight excluding hydrogens is 272 g/mol. The van der Waals surface area contributed by atoms with Gasteiger partial charge in [0.2, 0.25) is 5.91 Å². The second-order valence-electron chi connectivity index (χ2n) is 5.47. The van der Waals surface area contributed by atoms with Crippen LogP contribution in [0.2, 0.25) is 0 Å². The van der Waals surface area contributed by atoms with E-state index >= 15 is 0 Å². The number of benzene rings is 1. The van der Waals surface area contributed by atoms with E-state index in [1.165, 1.54) is 12.1 Å². The molecule has 2 rings (SSSR count). The zero-order chi connectivity index (χ0) is 15.4. The van der Waals surface area contributed by atoms with E-state index in [1.54, 1.807) is 12.1 Å². The number of hydrogen-bond donors (Lipinski definition) is 2. The van der Waals surface area contributed by atoms with Gasteiger partial charge in [-0.05, 0) is 31.9 Å². The molecule has 7 heteroatoms. The van der Waals surface area contributed by atoms with Crippen LogP contribution in [0.15, 0.2) is 24.3 Å². The van der Waals surface area contributed by atoms with Gasteiger partial charge in [0, 0.05) is 18.7 Å². The Balaban J connectivity index is 1.93. The summed E-state index contributed by atoms with van der Waals surface area (Å²) in [4.78, 5) is 24.4. The minimum atomic E-state index is -0.502. The molecule has 0 aromatic heterocycles. The fourth-order valence-corrected chi connectivity index (χ4v) is 2.57. The summed E-state index contributed by atoms with van der Waals surface area (Å²) in [5.41, 5.74) is 6.00. The van der Waals surface area contributed by atoms with Gasteiger partial charge in [0.1, 0.15) is 5.69 Å². The van der Waals surface area contributed by atoms with E-state index in [1.807, 2.05) is 11.8 Å². The molecule has 3 N–H and O–H groups in total. The first kappa shape index (κ1) is 15.4. The first-order valence-electron chi connectivity index (χ1n) is 6.98. The van der Waals surface area contributed by atoms with Crippen molar-refractivity contribution in [2.75, 3.05) is 25.0 Å². The molecule has 114 valence electrons. The van der Waals surface area contributed by atoms with E-state index < -0.39 is 4.92 Å². The molecule has 1 heterocycles. The van der Waals surface area contributed by atoms with Crippen molar-refractivity contribution in [3.05, 3.63) is 34.4 Å². The summed E-state index contributed by atoms with van der Waals surface area (Å²) in [6.07, 6.45) is 0.983. The van der Waals surface area contributed by atoms with Crippen molar-refractivity contribution in [3.63, 3.8) is 0 Å². The number of nitro groups is 1. The number of likely N-dealkylation sites (tertiary alicyclic amines) is 1. The highest BCUT2D eigenvalue weighted by molar-refractivity contribution is 5.94. The Bertz CT molecular complexity index is 533. The van der Waals surface area contributed by atoms with Gasteiger partial charge in [-0.25, -0.2) is 0 Å². The van der Waals surface area contributed by atoms with E-state index in [-0.39, 0.29) is 29.9 Å². The molecule has 0 radical (unpaired) electrons. The average Bonchev–Trinajstić information content (AvgIpc) is 2.87. The summed E-state index contributed by atoms with van der Waals surface area (Å²) >= 11 is 0. The number of rotatable bonds is 5. The number of nitrogens with zero attached hydrogens (tertiary/aromatic N) is 2. The summed E-state index contributed by atoms with van der Waals surface area (Å²) in [5, 5.41) is 13.5. The molecule has 1 aliphatic heterocycles. The lowest BCUT2D eigenvalue weighted by atomic mass is 10.0. The van der Waals surface area contributed by atoms with Gasteiger partial charge < -0.3 is 11.1 Å². The third-order valence-electron chi connectivity index (χ3n) is 3.79. The zero-order valence-corrected chi connectivity index (χ0v) is 12.0. The molecule has 7 nitrogen and oxygen atoms in total. The first-order chi connectivity index (χ1) is 9.97. The van der Waals surface area contributed by atoms with Crippen LogP contribution in [0.4, 0.5) is 11.4 Å². The van der Waals surface area contributed by atoms with Crippen LogP contribution in [0.5, 0.6) is 0 Å². The molecule has 2 unspecified atom stereocenters. The molecule has 0 aliphatic carbocycles. The maximum atomic E-state index is 12.0. The van der Waals surface area contributed by atoms with Crippen LogP contribution in [-0.2, 0) is 4.79 Å². The number of nitro benzene ring substituents is 1. The summed E-state index contributed by atoms with van der Waals surface area (Å²) in [7, 11) is 0. The van der Waals surface area contributed by atoms with Crippen molar-refractivity contribution in [2.45, 2.75) is 19.4 Å². The van der Waals surface area contributed by atoms with E-state index in [9.17, 15) is 14.9 Å². The topological polar surface area (TPSA) is 102 Å². The maximum Gasteiger partial charge on any atom is 0.292 e. The Morgan fingerprint density at radius 3 is 2.90 bits per heavy atom. The van der Waals surface area contributed by atoms with Gasteiger partial charge in [-0.15, -0.1) is 0 Å². The number of hydrogen-bond acceptors (Lipinski definition) is 5. The molecule has 1 saturated heterocycles. The number of nitrogens with two attached hydrogens (primary N) is 1. The summed E-state index contributed by atoms with van der Waals surface area (Å²) in [5.74, 6) is 0.165. The second-order valence-corrected chi connectivity index (χ2v) is 5.47. The number of anilines is 1. The summed E-state index contributed by atoms with van der Waals surface area (Å²) in [6, 6.07) is 6.25. The monoisotopic (exact) mass is 292 g/mol. The van der Waals surface area contributed by atoms with Crippen molar-refractivity contribution in [1.82, 2.24) is 4.90 Å². The minimum Gasteiger partial charge on any atom is -0.328 e. The Morgan fingerprint density at radius 1 is 1.57 bits per heavy atom. The number of para-hydroxylation sites is 2. The van der Waals surface area contributed by atoms with Crippen molar-refractivity contribution in [2.24, 2.45) is 11.7 Å². The maximum absolute atomic E-state index is 12.0. The predicted molar refractivity (Wildman–Crippen MR) is 79.9 cm³/mol. The Morgan fingerprint density at radius 2 is 2.29 bits per heavy atom. The fourth-order valence-electron chi connectivity index (χ4n) is 2.57. The first-order valence-corrected chi connectivity index (χ1v) is 6.98. The van der Waals surface area contributed by atoms with Gasteiger partial charge in [-0.1, -0.05) is 12.1 Å². The van der Waals surface area contributed by atoms with E-state index in [0.717, 1.165) is 19.5 Å². The quantitative estimate of drug-likeness (QED) is 0.627. The number of nitrogens with one attached hydrogen (secondary N) is 1. The minimum absolute atomic E-state index is 0.0965. The Labute approximate surface area is 123 Å². The number of amides is 1. The van der Waals surface area contributed by atoms with Gasteiger partial charge in [-0.2, -0.15) is 0 Å². The Hall–Kier alpha value is -1.99. The van der Waals surface area contributed by atoms with Crippen LogP contribution < -0.4 is 11.1 Å². The molecule has 1 aromatic carbocycles. The molecule has 21 heavy (non-hydrogen) atoms. The second kappa shape index (κ2) is 6.64. The number of carbonyl (C=O) groups is 1. The van der Waals surface area contributed by atoms with Crippen LogP contribution in [0.25, 0.3) is 0 Å². The van der Waals surface area contributed by atoms with E-state index in [0.29, 0.717) is 5.92 Å². The van der Waals surface area contributed by atoms with Crippen molar-refractivity contribution >= 4 is 17.3 Å². The van der Waals surface area contributed by atoms with Crippen LogP contribution >= 0.6 is 0 Å². The van der Waals surface area contributed by atoms with Gasteiger partial charge in [0.15, 0.2) is 0 Å². The predicted octanol–water partition coefficient (Wildman–Crippen LogP) is 1.20. The van der Waals surface area contributed by atoms with Crippen LogP contribution in [0.1, 0.15) is 13.3 Å².